The molecule has 1 aliphatic heterocycles. The summed E-state index contributed by atoms with van der Waals surface area (Å²) in [4.78, 5) is 0. The van der Waals surface area contributed by atoms with E-state index in [9.17, 15) is 4.39 Å². The van der Waals surface area contributed by atoms with Crippen molar-refractivity contribution in [3.05, 3.63) is 34.1 Å². The van der Waals surface area contributed by atoms with Gasteiger partial charge in [-0.1, -0.05) is 6.07 Å². The predicted octanol–water partition coefficient (Wildman–Crippen LogP) is 4.44. The molecule has 4 heteroatoms. The average molecular weight is 308 g/mol. The molecule has 0 spiro atoms. The van der Waals surface area contributed by atoms with E-state index in [-0.39, 0.29) is 17.3 Å². The van der Waals surface area contributed by atoms with Crippen molar-refractivity contribution in [2.24, 2.45) is 0 Å². The van der Waals surface area contributed by atoms with E-state index in [1.807, 2.05) is 0 Å². The highest BCUT2D eigenvalue weighted by atomic mass is 79.9. The van der Waals surface area contributed by atoms with Gasteiger partial charge in [-0.2, -0.15) is 0 Å². The van der Waals surface area contributed by atoms with Crippen LogP contribution in [0.15, 0.2) is 22.7 Å². The van der Waals surface area contributed by atoms with Crippen LogP contribution in [-0.4, -0.2) is 12.7 Å². The van der Waals surface area contributed by atoms with Crippen LogP contribution in [0, 0.1) is 5.82 Å². The predicted molar refractivity (Wildman–Crippen MR) is 66.3 cm³/mol. The van der Waals surface area contributed by atoms with Crippen LogP contribution in [0.5, 0.6) is 0 Å². The Balaban J connectivity index is 2.02. The largest absolute Gasteiger partial charge is 0.378 e. The minimum atomic E-state index is -0.260. The van der Waals surface area contributed by atoms with Crippen LogP contribution in [0.1, 0.15) is 30.2 Å². The van der Waals surface area contributed by atoms with Gasteiger partial charge < -0.3 is 4.74 Å². The van der Waals surface area contributed by atoms with E-state index in [4.69, 9.17) is 16.3 Å². The van der Waals surface area contributed by atoms with Gasteiger partial charge in [-0.3, -0.25) is 0 Å². The van der Waals surface area contributed by atoms with Gasteiger partial charge in [-0.05, 0) is 52.9 Å². The maximum atomic E-state index is 13.1. The van der Waals surface area contributed by atoms with Crippen LogP contribution in [0.25, 0.3) is 0 Å². The van der Waals surface area contributed by atoms with Crippen molar-refractivity contribution < 1.29 is 9.13 Å². The van der Waals surface area contributed by atoms with Gasteiger partial charge in [0.1, 0.15) is 5.82 Å². The molecule has 1 saturated heterocycles. The quantitative estimate of drug-likeness (QED) is 0.750. The Morgan fingerprint density at radius 1 is 1.56 bits per heavy atom. The molecule has 88 valence electrons. The number of benzene rings is 1. The summed E-state index contributed by atoms with van der Waals surface area (Å²) < 4.78 is 19.0. The summed E-state index contributed by atoms with van der Waals surface area (Å²) in [5.74, 6) is -0.260. The third-order valence-corrected chi connectivity index (χ3v) is 3.84. The van der Waals surface area contributed by atoms with Crippen molar-refractivity contribution in [1.82, 2.24) is 0 Å². The molecule has 1 nitrogen and oxygen atoms in total. The molecular weight excluding hydrogens is 294 g/mol. The second kappa shape index (κ2) is 5.48. The van der Waals surface area contributed by atoms with E-state index in [1.54, 1.807) is 12.1 Å². The zero-order valence-corrected chi connectivity index (χ0v) is 11.1. The average Bonchev–Trinajstić information content (AvgIpc) is 2.74. The Hall–Kier alpha value is -0.120. The van der Waals surface area contributed by atoms with Gasteiger partial charge in [0.15, 0.2) is 0 Å². The molecule has 1 heterocycles. The maximum absolute atomic E-state index is 13.1. The second-order valence-corrected chi connectivity index (χ2v) is 5.39. The summed E-state index contributed by atoms with van der Waals surface area (Å²) in [7, 11) is 0. The third kappa shape index (κ3) is 2.96. The molecule has 2 rings (SSSR count). The molecule has 1 aliphatic rings. The number of hydrogen-bond acceptors (Lipinski definition) is 1. The molecule has 1 fully saturated rings. The first kappa shape index (κ1) is 12.3. The van der Waals surface area contributed by atoms with E-state index in [0.29, 0.717) is 4.47 Å². The summed E-state index contributed by atoms with van der Waals surface area (Å²) in [6.07, 6.45) is 3.23. The highest BCUT2D eigenvalue weighted by Crippen LogP contribution is 2.32. The molecular formula is C12H13BrClFO. The topological polar surface area (TPSA) is 9.23 Å². The zero-order chi connectivity index (χ0) is 11.5. The SMILES string of the molecule is Fc1ccc(C(Cl)CC2CCCO2)cc1Br. The van der Waals surface area contributed by atoms with Crippen LogP contribution < -0.4 is 0 Å². The minimum absolute atomic E-state index is 0.111. The highest BCUT2D eigenvalue weighted by molar-refractivity contribution is 9.10. The molecule has 0 aliphatic carbocycles. The van der Waals surface area contributed by atoms with Gasteiger partial charge in [0, 0.05) is 6.61 Å². The zero-order valence-electron chi connectivity index (χ0n) is 8.76. The van der Waals surface area contributed by atoms with Gasteiger partial charge in [0.2, 0.25) is 0 Å². The summed E-state index contributed by atoms with van der Waals surface area (Å²) >= 11 is 9.45. The van der Waals surface area contributed by atoms with Gasteiger partial charge in [0.05, 0.1) is 16.0 Å². The molecule has 2 atom stereocenters. The monoisotopic (exact) mass is 306 g/mol. The Morgan fingerprint density at radius 2 is 2.38 bits per heavy atom. The van der Waals surface area contributed by atoms with E-state index in [2.05, 4.69) is 15.9 Å². The lowest BCUT2D eigenvalue weighted by molar-refractivity contribution is 0.103. The lowest BCUT2D eigenvalue weighted by Gasteiger charge is -2.15. The minimum Gasteiger partial charge on any atom is -0.378 e. The summed E-state index contributed by atoms with van der Waals surface area (Å²) in [5, 5.41) is -0.111. The molecule has 0 bridgehead atoms. The number of halogens is 3. The Morgan fingerprint density at radius 3 is 3.00 bits per heavy atom. The molecule has 0 radical (unpaired) electrons. The van der Waals surface area contributed by atoms with E-state index in [1.165, 1.54) is 6.07 Å². The Bertz CT molecular complexity index is 366. The summed E-state index contributed by atoms with van der Waals surface area (Å²) in [6.45, 7) is 0.835. The van der Waals surface area contributed by atoms with E-state index >= 15 is 0 Å². The second-order valence-electron chi connectivity index (χ2n) is 4.01. The molecule has 1 aromatic carbocycles. The highest BCUT2D eigenvalue weighted by Gasteiger charge is 2.20. The van der Waals surface area contributed by atoms with Crippen molar-refractivity contribution in [3.8, 4) is 0 Å². The van der Waals surface area contributed by atoms with Crippen molar-refractivity contribution in [3.63, 3.8) is 0 Å². The van der Waals surface area contributed by atoms with Crippen molar-refractivity contribution >= 4 is 27.5 Å². The molecule has 0 N–H and O–H groups in total. The van der Waals surface area contributed by atoms with Crippen LogP contribution in [-0.2, 0) is 4.74 Å². The molecule has 2 unspecified atom stereocenters. The molecule has 0 aromatic heterocycles. The van der Waals surface area contributed by atoms with Crippen LogP contribution in [0.4, 0.5) is 4.39 Å². The fourth-order valence-corrected chi connectivity index (χ4v) is 2.64. The Labute approximate surface area is 108 Å². The number of hydrogen-bond donors (Lipinski definition) is 0. The fourth-order valence-electron chi connectivity index (χ4n) is 1.90. The van der Waals surface area contributed by atoms with Gasteiger partial charge in [0.25, 0.3) is 0 Å². The molecule has 0 saturated carbocycles. The summed E-state index contributed by atoms with van der Waals surface area (Å²) in [5.41, 5.74) is 0.936. The van der Waals surface area contributed by atoms with Crippen molar-refractivity contribution in [1.29, 1.82) is 0 Å². The molecule has 1 aromatic rings. The Kier molecular flexibility index (Phi) is 4.22. The van der Waals surface area contributed by atoms with Crippen molar-refractivity contribution in [2.45, 2.75) is 30.7 Å². The third-order valence-electron chi connectivity index (χ3n) is 2.80. The normalized spacial score (nSPS) is 22.3. The number of ether oxygens (including phenoxy) is 1. The van der Waals surface area contributed by atoms with Crippen LogP contribution >= 0.6 is 27.5 Å². The first-order chi connectivity index (χ1) is 7.66. The standard InChI is InChI=1S/C12H13BrClFO/c13-10-6-8(3-4-12(10)15)11(14)7-9-2-1-5-16-9/h3-4,6,9,11H,1-2,5,7H2. The first-order valence-electron chi connectivity index (χ1n) is 5.37. The maximum Gasteiger partial charge on any atom is 0.137 e. The van der Waals surface area contributed by atoms with Gasteiger partial charge in [-0.25, -0.2) is 4.39 Å². The van der Waals surface area contributed by atoms with E-state index < -0.39 is 0 Å². The first-order valence-corrected chi connectivity index (χ1v) is 6.60. The number of alkyl halides is 1. The summed E-state index contributed by atoms with van der Waals surface area (Å²) in [6, 6.07) is 4.90. The van der Waals surface area contributed by atoms with E-state index in [0.717, 1.165) is 31.4 Å². The molecule has 16 heavy (non-hydrogen) atoms. The number of rotatable bonds is 3. The smallest absolute Gasteiger partial charge is 0.137 e. The lowest BCUT2D eigenvalue weighted by atomic mass is 10.0. The lowest BCUT2D eigenvalue weighted by Crippen LogP contribution is -2.08. The van der Waals surface area contributed by atoms with Crippen molar-refractivity contribution in [2.75, 3.05) is 6.61 Å². The van der Waals surface area contributed by atoms with Gasteiger partial charge >= 0.3 is 0 Å². The van der Waals surface area contributed by atoms with Crippen LogP contribution in [0.2, 0.25) is 0 Å². The van der Waals surface area contributed by atoms with Crippen LogP contribution in [0.3, 0.4) is 0 Å². The molecule has 0 amide bonds. The fraction of sp³-hybridized carbons (Fsp3) is 0.500. The van der Waals surface area contributed by atoms with Gasteiger partial charge in [-0.15, -0.1) is 11.6 Å².